The highest BCUT2D eigenvalue weighted by molar-refractivity contribution is 7.13. The highest BCUT2D eigenvalue weighted by Gasteiger charge is 2.08. The summed E-state index contributed by atoms with van der Waals surface area (Å²) >= 11 is 1.82. The van der Waals surface area contributed by atoms with Crippen molar-refractivity contribution in [2.24, 2.45) is 0 Å². The average Bonchev–Trinajstić information content (AvgIpc) is 2.83. The molecule has 88 valence electrons. The highest BCUT2D eigenvalue weighted by Crippen LogP contribution is 2.27. The number of hydrogen-bond acceptors (Lipinski definition) is 2. The first-order valence-corrected chi connectivity index (χ1v) is 7.18. The first kappa shape index (κ1) is 11.0. The number of benzene rings is 1. The van der Waals surface area contributed by atoms with Crippen LogP contribution in [0, 0.1) is 0 Å². The Morgan fingerprint density at radius 2 is 2.06 bits per heavy atom. The van der Waals surface area contributed by atoms with E-state index in [1.54, 1.807) is 0 Å². The summed E-state index contributed by atoms with van der Waals surface area (Å²) in [5, 5.41) is 5.66. The molecule has 0 saturated heterocycles. The van der Waals surface area contributed by atoms with Crippen molar-refractivity contribution in [2.75, 3.05) is 6.54 Å². The quantitative estimate of drug-likeness (QED) is 0.802. The first-order valence-electron chi connectivity index (χ1n) is 6.30. The molecule has 1 aromatic carbocycles. The monoisotopic (exact) mass is 243 g/mol. The molecule has 1 aromatic heterocycles. The number of nitrogens with one attached hydrogen (secondary N) is 1. The van der Waals surface area contributed by atoms with Crippen LogP contribution in [0.5, 0.6) is 0 Å². The predicted molar refractivity (Wildman–Crippen MR) is 74.4 cm³/mol. The third kappa shape index (κ3) is 2.43. The largest absolute Gasteiger partial charge is 0.313 e. The van der Waals surface area contributed by atoms with Gasteiger partial charge in [-0.2, -0.15) is 0 Å². The van der Waals surface area contributed by atoms with Crippen LogP contribution in [-0.2, 0) is 13.0 Å². The molecule has 0 amide bonds. The van der Waals surface area contributed by atoms with E-state index in [-0.39, 0.29) is 0 Å². The lowest BCUT2D eigenvalue weighted by Gasteiger charge is -2.15. The van der Waals surface area contributed by atoms with Crippen molar-refractivity contribution in [1.82, 2.24) is 5.32 Å². The van der Waals surface area contributed by atoms with Crippen LogP contribution in [0.2, 0.25) is 0 Å². The van der Waals surface area contributed by atoms with Crippen molar-refractivity contribution < 1.29 is 0 Å². The van der Waals surface area contributed by atoms with Gasteiger partial charge in [-0.15, -0.1) is 11.3 Å². The van der Waals surface area contributed by atoms with Crippen LogP contribution in [0.3, 0.4) is 0 Å². The second-order valence-electron chi connectivity index (χ2n) is 4.59. The Hall–Kier alpha value is -1.12. The molecule has 1 aliphatic rings. The summed E-state index contributed by atoms with van der Waals surface area (Å²) in [6.07, 6.45) is 3.84. The zero-order chi connectivity index (χ0) is 11.5. The molecule has 1 nitrogen and oxygen atoms in total. The van der Waals surface area contributed by atoms with E-state index >= 15 is 0 Å². The van der Waals surface area contributed by atoms with E-state index < -0.39 is 0 Å². The number of rotatable bonds is 1. The van der Waals surface area contributed by atoms with Crippen molar-refractivity contribution in [2.45, 2.75) is 25.8 Å². The molecule has 1 aliphatic heterocycles. The average molecular weight is 243 g/mol. The normalized spacial score (nSPS) is 16.0. The highest BCUT2D eigenvalue weighted by atomic mass is 32.1. The fourth-order valence-corrected chi connectivity index (χ4v) is 3.14. The van der Waals surface area contributed by atoms with Crippen LogP contribution in [0.25, 0.3) is 10.4 Å². The second-order valence-corrected chi connectivity index (χ2v) is 5.54. The van der Waals surface area contributed by atoms with Crippen molar-refractivity contribution in [1.29, 1.82) is 0 Å². The minimum atomic E-state index is 1.02. The summed E-state index contributed by atoms with van der Waals surface area (Å²) in [5.74, 6) is 0. The molecule has 17 heavy (non-hydrogen) atoms. The second kappa shape index (κ2) is 5.03. The van der Waals surface area contributed by atoms with Gasteiger partial charge in [-0.3, -0.25) is 0 Å². The summed E-state index contributed by atoms with van der Waals surface area (Å²) in [6, 6.07) is 11.3. The van der Waals surface area contributed by atoms with Gasteiger partial charge in [0.25, 0.3) is 0 Å². The van der Waals surface area contributed by atoms with Crippen LogP contribution in [-0.4, -0.2) is 6.54 Å². The van der Waals surface area contributed by atoms with Crippen molar-refractivity contribution in [3.05, 3.63) is 46.8 Å². The summed E-state index contributed by atoms with van der Waals surface area (Å²) in [4.78, 5) is 1.37. The summed E-state index contributed by atoms with van der Waals surface area (Å²) in [6.45, 7) is 2.18. The van der Waals surface area contributed by atoms with E-state index in [4.69, 9.17) is 0 Å². The minimum absolute atomic E-state index is 1.02. The lowest BCUT2D eigenvalue weighted by Crippen LogP contribution is -2.18. The van der Waals surface area contributed by atoms with Gasteiger partial charge in [-0.05, 0) is 60.0 Å². The van der Waals surface area contributed by atoms with Crippen molar-refractivity contribution >= 4 is 11.3 Å². The maximum absolute atomic E-state index is 3.52. The van der Waals surface area contributed by atoms with Crippen LogP contribution in [0.4, 0.5) is 0 Å². The third-order valence-corrected chi connectivity index (χ3v) is 4.30. The molecule has 0 unspecified atom stereocenters. The Kier molecular flexibility index (Phi) is 3.25. The number of hydrogen-bond donors (Lipinski definition) is 1. The molecule has 0 radical (unpaired) electrons. The van der Waals surface area contributed by atoms with Gasteiger partial charge in [-0.25, -0.2) is 0 Å². The van der Waals surface area contributed by atoms with E-state index in [0.717, 1.165) is 13.1 Å². The molecule has 2 heteroatoms. The fourth-order valence-electron chi connectivity index (χ4n) is 2.42. The topological polar surface area (TPSA) is 12.0 Å². The third-order valence-electron chi connectivity index (χ3n) is 3.38. The number of fused-ring (bicyclic) bond motifs is 1. The van der Waals surface area contributed by atoms with Gasteiger partial charge in [0.2, 0.25) is 0 Å². The van der Waals surface area contributed by atoms with Gasteiger partial charge in [-0.1, -0.05) is 18.2 Å². The molecule has 0 fully saturated rings. The maximum Gasteiger partial charge on any atom is 0.0342 e. The number of aryl methyl sites for hydroxylation is 1. The van der Waals surface area contributed by atoms with Gasteiger partial charge in [0.1, 0.15) is 0 Å². The molecule has 2 aromatic rings. The number of thiophene rings is 1. The molecule has 0 bridgehead atoms. The smallest absolute Gasteiger partial charge is 0.0342 e. The van der Waals surface area contributed by atoms with Crippen molar-refractivity contribution in [3.8, 4) is 10.4 Å². The zero-order valence-electron chi connectivity index (χ0n) is 9.91. The SMILES string of the molecule is c1csc(-c2ccc3c(c2)CNCCCC3)c1. The first-order chi connectivity index (χ1) is 8.43. The molecule has 3 rings (SSSR count). The summed E-state index contributed by atoms with van der Waals surface area (Å²) in [5.41, 5.74) is 4.37. The van der Waals surface area contributed by atoms with Gasteiger partial charge < -0.3 is 5.32 Å². The predicted octanol–water partition coefficient (Wildman–Crippen LogP) is 3.84. The Balaban J connectivity index is 1.96. The summed E-state index contributed by atoms with van der Waals surface area (Å²) < 4.78 is 0. The lowest BCUT2D eigenvalue weighted by atomic mass is 9.97. The van der Waals surface area contributed by atoms with E-state index in [0.29, 0.717) is 0 Å². The minimum Gasteiger partial charge on any atom is -0.313 e. The summed E-state index contributed by atoms with van der Waals surface area (Å²) in [7, 11) is 0. The van der Waals surface area contributed by atoms with Gasteiger partial charge in [0, 0.05) is 11.4 Å². The van der Waals surface area contributed by atoms with Crippen LogP contribution in [0.1, 0.15) is 24.0 Å². The van der Waals surface area contributed by atoms with Gasteiger partial charge in [0.05, 0.1) is 0 Å². The van der Waals surface area contributed by atoms with Gasteiger partial charge >= 0.3 is 0 Å². The molecule has 0 saturated carbocycles. The zero-order valence-corrected chi connectivity index (χ0v) is 10.7. The molecular formula is C15H17NS. The van der Waals surface area contributed by atoms with Crippen molar-refractivity contribution in [3.63, 3.8) is 0 Å². The van der Waals surface area contributed by atoms with Crippen LogP contribution < -0.4 is 5.32 Å². The van der Waals surface area contributed by atoms with E-state index in [2.05, 4.69) is 41.0 Å². The maximum atomic E-state index is 3.52. The Morgan fingerprint density at radius 3 is 2.94 bits per heavy atom. The molecule has 0 aliphatic carbocycles. The fraction of sp³-hybridized carbons (Fsp3) is 0.333. The van der Waals surface area contributed by atoms with Gasteiger partial charge in [0.15, 0.2) is 0 Å². The lowest BCUT2D eigenvalue weighted by molar-refractivity contribution is 0.598. The molecule has 2 heterocycles. The Morgan fingerprint density at radius 1 is 1.06 bits per heavy atom. The van der Waals surface area contributed by atoms with E-state index in [1.165, 1.54) is 40.8 Å². The molecular weight excluding hydrogens is 226 g/mol. The molecule has 0 spiro atoms. The molecule has 0 atom stereocenters. The standard InChI is InChI=1S/C15H17NS/c1-2-8-16-11-14-10-13(7-6-12(14)4-1)15-5-3-9-17-15/h3,5-7,9-10,16H,1-2,4,8,11H2. The van der Waals surface area contributed by atoms with E-state index in [1.807, 2.05) is 11.3 Å². The molecule has 1 N–H and O–H groups in total. The van der Waals surface area contributed by atoms with Crippen LogP contribution >= 0.6 is 11.3 Å². The van der Waals surface area contributed by atoms with Crippen LogP contribution in [0.15, 0.2) is 35.7 Å². The Labute approximate surface area is 106 Å². The Bertz CT molecular complexity index is 488. The van der Waals surface area contributed by atoms with E-state index in [9.17, 15) is 0 Å².